The molecule has 2 heteroatoms. The Morgan fingerprint density at radius 3 is 2.67 bits per heavy atom. The first-order chi connectivity index (χ1) is 7.15. The van der Waals surface area contributed by atoms with Crippen LogP contribution < -0.4 is 10.5 Å². The van der Waals surface area contributed by atoms with Crippen LogP contribution in [0.1, 0.15) is 25.0 Å². The van der Waals surface area contributed by atoms with Crippen LogP contribution in [0.5, 0.6) is 5.75 Å². The third-order valence-corrected chi connectivity index (χ3v) is 2.27. The highest BCUT2D eigenvalue weighted by atomic mass is 16.5. The SMILES string of the molecule is Cc1cccc(CCN)c1OCC(C)C. The fourth-order valence-corrected chi connectivity index (χ4v) is 1.52. The van der Waals surface area contributed by atoms with E-state index < -0.39 is 0 Å². The first kappa shape index (κ1) is 12.1. The molecule has 0 saturated heterocycles. The van der Waals surface area contributed by atoms with Crippen LogP contribution in [0.4, 0.5) is 0 Å². The van der Waals surface area contributed by atoms with Gasteiger partial charge in [0.05, 0.1) is 6.61 Å². The summed E-state index contributed by atoms with van der Waals surface area (Å²) in [5.41, 5.74) is 8.00. The minimum atomic E-state index is 0.551. The second-order valence-electron chi connectivity index (χ2n) is 4.31. The third kappa shape index (κ3) is 3.56. The van der Waals surface area contributed by atoms with E-state index in [9.17, 15) is 0 Å². The van der Waals surface area contributed by atoms with E-state index in [-0.39, 0.29) is 0 Å². The molecule has 0 saturated carbocycles. The largest absolute Gasteiger partial charge is 0.493 e. The average molecular weight is 207 g/mol. The molecule has 0 amide bonds. The molecule has 0 atom stereocenters. The van der Waals surface area contributed by atoms with E-state index in [0.29, 0.717) is 12.5 Å². The van der Waals surface area contributed by atoms with Crippen LogP contribution in [-0.2, 0) is 6.42 Å². The molecule has 0 fully saturated rings. The predicted octanol–water partition coefficient (Wildman–Crippen LogP) is 2.53. The van der Waals surface area contributed by atoms with E-state index in [0.717, 1.165) is 18.8 Å². The van der Waals surface area contributed by atoms with Crippen molar-refractivity contribution in [3.05, 3.63) is 29.3 Å². The van der Waals surface area contributed by atoms with Gasteiger partial charge in [0.15, 0.2) is 0 Å². The number of hydrogen-bond donors (Lipinski definition) is 1. The number of rotatable bonds is 5. The molecule has 0 aliphatic rings. The van der Waals surface area contributed by atoms with E-state index >= 15 is 0 Å². The Balaban J connectivity index is 2.81. The van der Waals surface area contributed by atoms with Crippen LogP contribution in [0.25, 0.3) is 0 Å². The van der Waals surface area contributed by atoms with Crippen molar-refractivity contribution in [3.8, 4) is 5.75 Å². The second kappa shape index (κ2) is 5.76. The molecule has 15 heavy (non-hydrogen) atoms. The molecule has 0 aliphatic heterocycles. The summed E-state index contributed by atoms with van der Waals surface area (Å²) < 4.78 is 5.83. The predicted molar refractivity (Wildman–Crippen MR) is 64.3 cm³/mol. The van der Waals surface area contributed by atoms with Crippen LogP contribution in [0.3, 0.4) is 0 Å². The van der Waals surface area contributed by atoms with E-state index in [4.69, 9.17) is 10.5 Å². The second-order valence-corrected chi connectivity index (χ2v) is 4.31. The Labute approximate surface area is 92.4 Å². The smallest absolute Gasteiger partial charge is 0.125 e. The molecule has 2 N–H and O–H groups in total. The molecular weight excluding hydrogens is 186 g/mol. The maximum atomic E-state index is 5.83. The van der Waals surface area contributed by atoms with Gasteiger partial charge < -0.3 is 10.5 Å². The zero-order chi connectivity index (χ0) is 11.3. The van der Waals surface area contributed by atoms with Crippen molar-refractivity contribution in [2.45, 2.75) is 27.2 Å². The zero-order valence-corrected chi connectivity index (χ0v) is 9.92. The van der Waals surface area contributed by atoms with Gasteiger partial charge in [-0.3, -0.25) is 0 Å². The number of benzene rings is 1. The van der Waals surface area contributed by atoms with Gasteiger partial charge in [0, 0.05) is 0 Å². The van der Waals surface area contributed by atoms with Gasteiger partial charge in [-0.05, 0) is 36.9 Å². The molecule has 0 unspecified atom stereocenters. The Morgan fingerprint density at radius 2 is 2.07 bits per heavy atom. The lowest BCUT2D eigenvalue weighted by Gasteiger charge is -2.15. The lowest BCUT2D eigenvalue weighted by molar-refractivity contribution is 0.267. The minimum Gasteiger partial charge on any atom is -0.493 e. The maximum Gasteiger partial charge on any atom is 0.125 e. The standard InChI is InChI=1S/C13H21NO/c1-10(2)9-15-13-11(3)5-4-6-12(13)7-8-14/h4-6,10H,7-9,14H2,1-3H3. The van der Waals surface area contributed by atoms with Gasteiger partial charge >= 0.3 is 0 Å². The van der Waals surface area contributed by atoms with Gasteiger partial charge in [-0.2, -0.15) is 0 Å². The summed E-state index contributed by atoms with van der Waals surface area (Å²) in [7, 11) is 0. The molecule has 0 aromatic heterocycles. The van der Waals surface area contributed by atoms with Gasteiger partial charge in [-0.15, -0.1) is 0 Å². The molecule has 0 radical (unpaired) electrons. The first-order valence-electron chi connectivity index (χ1n) is 5.56. The number of para-hydroxylation sites is 1. The van der Waals surface area contributed by atoms with Gasteiger partial charge in [0.1, 0.15) is 5.75 Å². The van der Waals surface area contributed by atoms with Crippen LogP contribution in [-0.4, -0.2) is 13.2 Å². The summed E-state index contributed by atoms with van der Waals surface area (Å²) in [6.07, 6.45) is 0.884. The number of nitrogens with two attached hydrogens (primary N) is 1. The number of aryl methyl sites for hydroxylation is 1. The van der Waals surface area contributed by atoms with Crippen molar-refractivity contribution >= 4 is 0 Å². The third-order valence-electron chi connectivity index (χ3n) is 2.27. The van der Waals surface area contributed by atoms with Gasteiger partial charge in [0.2, 0.25) is 0 Å². The van der Waals surface area contributed by atoms with Crippen molar-refractivity contribution in [2.24, 2.45) is 11.7 Å². The van der Waals surface area contributed by atoms with Gasteiger partial charge in [-0.1, -0.05) is 32.0 Å². The molecule has 84 valence electrons. The van der Waals surface area contributed by atoms with Gasteiger partial charge in [0.25, 0.3) is 0 Å². The average Bonchev–Trinajstić information content (AvgIpc) is 2.17. The molecule has 0 aliphatic carbocycles. The Bertz CT molecular complexity index is 307. The molecule has 1 aromatic carbocycles. The summed E-state index contributed by atoms with van der Waals surface area (Å²) >= 11 is 0. The normalized spacial score (nSPS) is 10.7. The quantitative estimate of drug-likeness (QED) is 0.805. The van der Waals surface area contributed by atoms with Gasteiger partial charge in [-0.25, -0.2) is 0 Å². The van der Waals surface area contributed by atoms with Crippen molar-refractivity contribution in [2.75, 3.05) is 13.2 Å². The maximum absolute atomic E-state index is 5.83. The van der Waals surface area contributed by atoms with E-state index in [1.54, 1.807) is 0 Å². The fraction of sp³-hybridized carbons (Fsp3) is 0.538. The van der Waals surface area contributed by atoms with Crippen LogP contribution in [0, 0.1) is 12.8 Å². The lowest BCUT2D eigenvalue weighted by Crippen LogP contribution is -2.09. The van der Waals surface area contributed by atoms with Crippen LogP contribution in [0.2, 0.25) is 0 Å². The lowest BCUT2D eigenvalue weighted by atomic mass is 10.1. The highest BCUT2D eigenvalue weighted by Crippen LogP contribution is 2.24. The number of hydrogen-bond acceptors (Lipinski definition) is 2. The molecular formula is C13H21NO. The van der Waals surface area contributed by atoms with Crippen molar-refractivity contribution < 1.29 is 4.74 Å². The Morgan fingerprint density at radius 1 is 1.33 bits per heavy atom. The summed E-state index contributed by atoms with van der Waals surface area (Å²) in [4.78, 5) is 0. The van der Waals surface area contributed by atoms with Crippen LogP contribution in [0.15, 0.2) is 18.2 Å². The summed E-state index contributed by atoms with van der Waals surface area (Å²) in [5, 5.41) is 0. The fourth-order valence-electron chi connectivity index (χ4n) is 1.52. The topological polar surface area (TPSA) is 35.2 Å². The number of ether oxygens (including phenoxy) is 1. The van der Waals surface area contributed by atoms with E-state index in [1.807, 2.05) is 0 Å². The summed E-state index contributed by atoms with van der Waals surface area (Å²) in [6, 6.07) is 6.23. The molecule has 0 spiro atoms. The molecule has 2 nitrogen and oxygen atoms in total. The summed E-state index contributed by atoms with van der Waals surface area (Å²) in [6.45, 7) is 7.82. The molecule has 0 bridgehead atoms. The Kier molecular flexibility index (Phi) is 4.63. The van der Waals surface area contributed by atoms with Crippen molar-refractivity contribution in [1.82, 2.24) is 0 Å². The molecule has 0 heterocycles. The minimum absolute atomic E-state index is 0.551. The van der Waals surface area contributed by atoms with Crippen LogP contribution >= 0.6 is 0 Å². The Hall–Kier alpha value is -1.02. The summed E-state index contributed by atoms with van der Waals surface area (Å²) in [5.74, 6) is 1.58. The first-order valence-corrected chi connectivity index (χ1v) is 5.56. The monoisotopic (exact) mass is 207 g/mol. The molecule has 1 aromatic rings. The zero-order valence-electron chi connectivity index (χ0n) is 9.92. The van der Waals surface area contributed by atoms with E-state index in [2.05, 4.69) is 39.0 Å². The van der Waals surface area contributed by atoms with E-state index in [1.165, 1.54) is 11.1 Å². The van der Waals surface area contributed by atoms with Crippen molar-refractivity contribution in [3.63, 3.8) is 0 Å². The van der Waals surface area contributed by atoms with Crippen molar-refractivity contribution in [1.29, 1.82) is 0 Å². The highest BCUT2D eigenvalue weighted by molar-refractivity contribution is 5.40. The molecule has 1 rings (SSSR count). The highest BCUT2D eigenvalue weighted by Gasteiger charge is 2.06.